The van der Waals surface area contributed by atoms with E-state index in [0.717, 1.165) is 47.4 Å². The number of piperazine rings is 1. The molecular formula is C28H32N4O5. The molecule has 6 rings (SSSR count). The number of H-pyrrole nitrogens is 1. The summed E-state index contributed by atoms with van der Waals surface area (Å²) in [5, 5.41) is 1.09. The quantitative estimate of drug-likeness (QED) is 0.554. The van der Waals surface area contributed by atoms with E-state index >= 15 is 0 Å². The van der Waals surface area contributed by atoms with Gasteiger partial charge in [-0.2, -0.15) is 0 Å². The highest BCUT2D eigenvalue weighted by molar-refractivity contribution is 5.97. The van der Waals surface area contributed by atoms with Crippen LogP contribution in [0.15, 0.2) is 42.5 Å². The highest BCUT2D eigenvalue weighted by atomic mass is 16.5. The van der Waals surface area contributed by atoms with Gasteiger partial charge in [-0.05, 0) is 29.3 Å². The molecule has 9 nitrogen and oxygen atoms in total. The normalized spacial score (nSPS) is 22.2. The van der Waals surface area contributed by atoms with Gasteiger partial charge in [0, 0.05) is 49.2 Å². The van der Waals surface area contributed by atoms with Crippen LogP contribution in [0.4, 0.5) is 0 Å². The maximum absolute atomic E-state index is 13.9. The summed E-state index contributed by atoms with van der Waals surface area (Å²) in [6.45, 7) is 4.48. The zero-order valence-corrected chi connectivity index (χ0v) is 21.2. The number of aromatic nitrogens is 1. The standard InChI is InChI=1S/C28H32N4O5/c1-35-23-8-7-18(15-24(23)36-2)27-26-20(19-5-3-4-6-21(19)29-26)16-22-28(34)31(17-25(33)32(22)27)10-9-30-11-13-37-14-12-30/h3-8,15,22,27,29H,9-14,16-17H2,1-2H3/t22-,27-/m0/s1. The van der Waals surface area contributed by atoms with E-state index in [1.807, 2.05) is 36.4 Å². The molecule has 9 heteroatoms. The van der Waals surface area contributed by atoms with Crippen LogP contribution in [0, 0.1) is 0 Å². The van der Waals surface area contributed by atoms with Crippen LogP contribution in [-0.4, -0.2) is 97.7 Å². The van der Waals surface area contributed by atoms with Crippen LogP contribution in [0.2, 0.25) is 0 Å². The summed E-state index contributed by atoms with van der Waals surface area (Å²) < 4.78 is 16.5. The lowest BCUT2D eigenvalue weighted by molar-refractivity contribution is -0.158. The average Bonchev–Trinajstić information content (AvgIpc) is 3.31. The van der Waals surface area contributed by atoms with Crippen molar-refractivity contribution >= 4 is 22.7 Å². The number of fused-ring (bicyclic) bond motifs is 4. The number of hydrogen-bond donors (Lipinski definition) is 1. The predicted molar refractivity (Wildman–Crippen MR) is 138 cm³/mol. The molecule has 4 heterocycles. The Morgan fingerprint density at radius 2 is 1.78 bits per heavy atom. The van der Waals surface area contributed by atoms with Crippen molar-refractivity contribution in [2.24, 2.45) is 0 Å². The van der Waals surface area contributed by atoms with E-state index in [0.29, 0.717) is 37.7 Å². The van der Waals surface area contributed by atoms with Crippen molar-refractivity contribution in [2.45, 2.75) is 18.5 Å². The van der Waals surface area contributed by atoms with E-state index in [4.69, 9.17) is 14.2 Å². The summed E-state index contributed by atoms with van der Waals surface area (Å²) in [5.41, 5.74) is 3.92. The van der Waals surface area contributed by atoms with Crippen LogP contribution in [0.3, 0.4) is 0 Å². The minimum absolute atomic E-state index is 0.00858. The molecule has 0 saturated carbocycles. The van der Waals surface area contributed by atoms with Crippen molar-refractivity contribution in [2.75, 3.05) is 60.2 Å². The number of ether oxygens (including phenoxy) is 3. The smallest absolute Gasteiger partial charge is 0.246 e. The molecule has 0 radical (unpaired) electrons. The third kappa shape index (κ3) is 4.12. The molecule has 3 aliphatic rings. The molecule has 2 fully saturated rings. The van der Waals surface area contributed by atoms with Crippen LogP contribution in [0.5, 0.6) is 11.5 Å². The number of benzene rings is 2. The number of nitrogens with one attached hydrogen (secondary N) is 1. The molecule has 0 aliphatic carbocycles. The van der Waals surface area contributed by atoms with Gasteiger partial charge in [-0.15, -0.1) is 0 Å². The molecule has 2 amide bonds. The van der Waals surface area contributed by atoms with Gasteiger partial charge in [-0.3, -0.25) is 14.5 Å². The number of morpholine rings is 1. The summed E-state index contributed by atoms with van der Waals surface area (Å²) in [6.07, 6.45) is 0.488. The van der Waals surface area contributed by atoms with E-state index in [2.05, 4.69) is 16.0 Å². The van der Waals surface area contributed by atoms with Crippen molar-refractivity contribution in [1.82, 2.24) is 19.7 Å². The molecule has 1 aromatic heterocycles. The minimum atomic E-state index is -0.559. The Hall–Kier alpha value is -3.56. The summed E-state index contributed by atoms with van der Waals surface area (Å²) in [7, 11) is 3.20. The molecule has 2 aromatic carbocycles. The first-order valence-corrected chi connectivity index (χ1v) is 12.8. The number of aromatic amines is 1. The van der Waals surface area contributed by atoms with Gasteiger partial charge in [-0.25, -0.2) is 0 Å². The van der Waals surface area contributed by atoms with Crippen molar-refractivity contribution in [1.29, 1.82) is 0 Å². The van der Waals surface area contributed by atoms with Gasteiger partial charge < -0.3 is 29.0 Å². The third-order valence-corrected chi connectivity index (χ3v) is 7.86. The van der Waals surface area contributed by atoms with Gasteiger partial charge in [-0.1, -0.05) is 24.3 Å². The number of methoxy groups -OCH3 is 2. The van der Waals surface area contributed by atoms with E-state index in [-0.39, 0.29) is 18.4 Å². The first-order chi connectivity index (χ1) is 18.1. The summed E-state index contributed by atoms with van der Waals surface area (Å²) >= 11 is 0. The fraction of sp³-hybridized carbons (Fsp3) is 0.429. The molecule has 0 spiro atoms. The number of rotatable bonds is 6. The summed E-state index contributed by atoms with van der Waals surface area (Å²) in [4.78, 5) is 37.0. The molecule has 3 aromatic rings. The Labute approximate surface area is 215 Å². The Kier molecular flexibility index (Phi) is 6.26. The van der Waals surface area contributed by atoms with Crippen LogP contribution in [-0.2, 0) is 20.7 Å². The highest BCUT2D eigenvalue weighted by Crippen LogP contribution is 2.44. The highest BCUT2D eigenvalue weighted by Gasteiger charge is 2.48. The number of hydrogen-bond acceptors (Lipinski definition) is 6. The molecule has 0 bridgehead atoms. The Balaban J connectivity index is 1.39. The second-order valence-electron chi connectivity index (χ2n) is 9.81. The number of para-hydroxylation sites is 1. The SMILES string of the molecule is COc1ccc([C@H]2c3[nH]c4ccccc4c3C[C@H]3C(=O)N(CCN4CCOCC4)CC(=O)N23)cc1OC. The van der Waals surface area contributed by atoms with Crippen molar-refractivity contribution in [3.8, 4) is 11.5 Å². The second-order valence-corrected chi connectivity index (χ2v) is 9.81. The summed E-state index contributed by atoms with van der Waals surface area (Å²) in [5.74, 6) is 1.17. The Bertz CT molecular complexity index is 1330. The zero-order chi connectivity index (χ0) is 25.5. The van der Waals surface area contributed by atoms with Crippen molar-refractivity contribution < 1.29 is 23.8 Å². The lowest BCUT2D eigenvalue weighted by Crippen LogP contribution is -2.63. The molecule has 0 unspecified atom stereocenters. The molecule has 2 saturated heterocycles. The third-order valence-electron chi connectivity index (χ3n) is 7.86. The van der Waals surface area contributed by atoms with E-state index in [1.165, 1.54) is 0 Å². The maximum atomic E-state index is 13.9. The van der Waals surface area contributed by atoms with Gasteiger partial charge in [0.15, 0.2) is 11.5 Å². The first-order valence-electron chi connectivity index (χ1n) is 12.8. The van der Waals surface area contributed by atoms with E-state index in [1.54, 1.807) is 24.0 Å². The molecule has 1 N–H and O–H groups in total. The predicted octanol–water partition coefficient (Wildman–Crippen LogP) is 2.20. The number of carbonyl (C=O) groups is 2. The van der Waals surface area contributed by atoms with Crippen LogP contribution in [0.1, 0.15) is 22.9 Å². The average molecular weight is 505 g/mol. The minimum Gasteiger partial charge on any atom is -0.493 e. The molecular weight excluding hydrogens is 472 g/mol. The number of nitrogens with zero attached hydrogens (tertiary/aromatic N) is 3. The number of carbonyl (C=O) groups excluding carboxylic acids is 2. The molecule has 2 atom stereocenters. The van der Waals surface area contributed by atoms with Crippen LogP contribution < -0.4 is 9.47 Å². The molecule has 37 heavy (non-hydrogen) atoms. The lowest BCUT2D eigenvalue weighted by Gasteiger charge is -2.47. The maximum Gasteiger partial charge on any atom is 0.246 e. The Morgan fingerprint density at radius 3 is 2.57 bits per heavy atom. The fourth-order valence-electron chi connectivity index (χ4n) is 5.97. The van der Waals surface area contributed by atoms with Gasteiger partial charge in [0.05, 0.1) is 40.0 Å². The molecule has 3 aliphatic heterocycles. The van der Waals surface area contributed by atoms with Crippen molar-refractivity contribution in [3.05, 3.63) is 59.3 Å². The van der Waals surface area contributed by atoms with Crippen molar-refractivity contribution in [3.63, 3.8) is 0 Å². The monoisotopic (exact) mass is 504 g/mol. The fourth-order valence-corrected chi connectivity index (χ4v) is 5.97. The van der Waals surface area contributed by atoms with Crippen LogP contribution in [0.25, 0.3) is 10.9 Å². The van der Waals surface area contributed by atoms with Crippen LogP contribution >= 0.6 is 0 Å². The van der Waals surface area contributed by atoms with Gasteiger partial charge in [0.2, 0.25) is 11.8 Å². The molecule has 194 valence electrons. The van der Waals surface area contributed by atoms with Gasteiger partial charge in [0.1, 0.15) is 6.04 Å². The Morgan fingerprint density at radius 1 is 1.00 bits per heavy atom. The van der Waals surface area contributed by atoms with E-state index < -0.39 is 12.1 Å². The van der Waals surface area contributed by atoms with Gasteiger partial charge >= 0.3 is 0 Å². The zero-order valence-electron chi connectivity index (χ0n) is 21.2. The number of amides is 2. The first kappa shape index (κ1) is 23.8. The summed E-state index contributed by atoms with van der Waals surface area (Å²) in [6, 6.07) is 12.8. The van der Waals surface area contributed by atoms with Gasteiger partial charge in [0.25, 0.3) is 0 Å². The van der Waals surface area contributed by atoms with E-state index in [9.17, 15) is 9.59 Å². The topological polar surface area (TPSA) is 87.3 Å². The second kappa shape index (κ2) is 9.72. The lowest BCUT2D eigenvalue weighted by atomic mass is 9.86. The largest absolute Gasteiger partial charge is 0.493 e.